The Morgan fingerprint density at radius 1 is 1.00 bits per heavy atom. The van der Waals surface area contributed by atoms with Gasteiger partial charge in [0.15, 0.2) is 0 Å². The van der Waals surface area contributed by atoms with E-state index in [9.17, 15) is 13.2 Å². The molecule has 0 aliphatic heterocycles. The summed E-state index contributed by atoms with van der Waals surface area (Å²) < 4.78 is 37.8. The molecule has 0 saturated heterocycles. The summed E-state index contributed by atoms with van der Waals surface area (Å²) >= 11 is 0. The first-order valence-corrected chi connectivity index (χ1v) is 8.87. The van der Waals surface area contributed by atoms with Crippen molar-refractivity contribution in [1.29, 1.82) is 0 Å². The number of rotatable bonds is 7. The van der Waals surface area contributed by atoms with Gasteiger partial charge in [-0.05, 0) is 48.4 Å². The molecular formula is C20H27F3. The highest BCUT2D eigenvalue weighted by Gasteiger charge is 2.30. The molecule has 1 unspecified atom stereocenters. The van der Waals surface area contributed by atoms with Crippen LogP contribution in [0.3, 0.4) is 0 Å². The molecular weight excluding hydrogens is 297 g/mol. The molecule has 0 spiro atoms. The van der Waals surface area contributed by atoms with E-state index in [4.69, 9.17) is 0 Å². The minimum absolute atomic E-state index is 0.567. The van der Waals surface area contributed by atoms with E-state index in [1.807, 2.05) is 0 Å². The van der Waals surface area contributed by atoms with Gasteiger partial charge in [-0.3, -0.25) is 0 Å². The Balaban J connectivity index is 1.82. The van der Waals surface area contributed by atoms with Gasteiger partial charge in [0.05, 0.1) is 5.56 Å². The lowest BCUT2D eigenvalue weighted by atomic mass is 9.83. The van der Waals surface area contributed by atoms with E-state index < -0.39 is 11.7 Å². The molecule has 128 valence electrons. The second kappa shape index (κ2) is 8.56. The monoisotopic (exact) mass is 324 g/mol. The first kappa shape index (κ1) is 18.1. The first-order chi connectivity index (χ1) is 11.0. The van der Waals surface area contributed by atoms with E-state index in [0.29, 0.717) is 0 Å². The number of unbranched alkanes of at least 4 members (excludes halogenated alkanes) is 4. The lowest BCUT2D eigenvalue weighted by Gasteiger charge is -2.22. The highest BCUT2D eigenvalue weighted by molar-refractivity contribution is 5.66. The van der Waals surface area contributed by atoms with Crippen LogP contribution in [0, 0.1) is 5.92 Å². The fraction of sp³-hybridized carbons (Fsp3) is 0.600. The third-order valence-corrected chi connectivity index (χ3v) is 4.82. The molecule has 0 amide bonds. The molecule has 0 bridgehead atoms. The molecule has 0 heterocycles. The van der Waals surface area contributed by atoms with Crippen molar-refractivity contribution in [2.75, 3.05) is 0 Å². The van der Waals surface area contributed by atoms with Crippen LogP contribution in [0.2, 0.25) is 0 Å². The smallest absolute Gasteiger partial charge is 0.166 e. The van der Waals surface area contributed by atoms with Crippen molar-refractivity contribution < 1.29 is 13.2 Å². The molecule has 0 radical (unpaired) electrons. The van der Waals surface area contributed by atoms with Crippen molar-refractivity contribution in [3.63, 3.8) is 0 Å². The Morgan fingerprint density at radius 2 is 1.70 bits per heavy atom. The SMILES string of the molecule is CCCCCCCC1CC=C(c2ccc(C(F)(F)F)cc2)CC1. The van der Waals surface area contributed by atoms with Gasteiger partial charge < -0.3 is 0 Å². The van der Waals surface area contributed by atoms with Crippen molar-refractivity contribution in [2.45, 2.75) is 70.9 Å². The Hall–Kier alpha value is -1.25. The lowest BCUT2D eigenvalue weighted by Crippen LogP contribution is -2.07. The zero-order valence-electron chi connectivity index (χ0n) is 14.0. The van der Waals surface area contributed by atoms with Gasteiger partial charge in [-0.15, -0.1) is 0 Å². The molecule has 0 saturated carbocycles. The second-order valence-corrected chi connectivity index (χ2v) is 6.65. The fourth-order valence-corrected chi connectivity index (χ4v) is 3.32. The van der Waals surface area contributed by atoms with Crippen LogP contribution in [-0.2, 0) is 6.18 Å². The van der Waals surface area contributed by atoms with E-state index in [0.717, 1.165) is 24.3 Å². The van der Waals surface area contributed by atoms with Crippen LogP contribution in [0.4, 0.5) is 13.2 Å². The molecule has 3 heteroatoms. The maximum Gasteiger partial charge on any atom is 0.416 e. The van der Waals surface area contributed by atoms with Crippen LogP contribution >= 0.6 is 0 Å². The fourth-order valence-electron chi connectivity index (χ4n) is 3.32. The molecule has 0 nitrogen and oxygen atoms in total. The summed E-state index contributed by atoms with van der Waals surface area (Å²) in [6.07, 6.45) is 9.12. The molecule has 1 aliphatic rings. The van der Waals surface area contributed by atoms with E-state index in [1.165, 1.54) is 62.7 Å². The average molecular weight is 324 g/mol. The molecule has 0 N–H and O–H groups in total. The van der Waals surface area contributed by atoms with E-state index >= 15 is 0 Å². The van der Waals surface area contributed by atoms with Gasteiger partial charge in [0.25, 0.3) is 0 Å². The number of hydrogen-bond acceptors (Lipinski definition) is 0. The third-order valence-electron chi connectivity index (χ3n) is 4.82. The van der Waals surface area contributed by atoms with Crippen molar-refractivity contribution >= 4 is 5.57 Å². The van der Waals surface area contributed by atoms with Crippen LogP contribution in [0.1, 0.15) is 75.8 Å². The number of benzene rings is 1. The van der Waals surface area contributed by atoms with Crippen molar-refractivity contribution in [1.82, 2.24) is 0 Å². The van der Waals surface area contributed by atoms with Gasteiger partial charge in [0.2, 0.25) is 0 Å². The van der Waals surface area contributed by atoms with E-state index in [2.05, 4.69) is 13.0 Å². The Morgan fingerprint density at radius 3 is 2.26 bits per heavy atom. The third kappa shape index (κ3) is 5.71. The molecule has 0 fully saturated rings. The largest absolute Gasteiger partial charge is 0.416 e. The normalized spacial score (nSPS) is 18.8. The van der Waals surface area contributed by atoms with Gasteiger partial charge in [0.1, 0.15) is 0 Å². The summed E-state index contributed by atoms with van der Waals surface area (Å²) in [5, 5.41) is 0. The summed E-state index contributed by atoms with van der Waals surface area (Å²) in [6, 6.07) is 5.60. The zero-order chi connectivity index (χ0) is 16.7. The number of hydrogen-bond donors (Lipinski definition) is 0. The second-order valence-electron chi connectivity index (χ2n) is 6.65. The predicted octanol–water partition coefficient (Wildman–Crippen LogP) is 7.25. The minimum atomic E-state index is -4.25. The van der Waals surface area contributed by atoms with E-state index in [1.54, 1.807) is 12.1 Å². The van der Waals surface area contributed by atoms with Crippen molar-refractivity contribution in [3.05, 3.63) is 41.5 Å². The highest BCUT2D eigenvalue weighted by Crippen LogP contribution is 2.34. The molecule has 0 aromatic heterocycles. The van der Waals surface area contributed by atoms with Crippen LogP contribution in [0.15, 0.2) is 30.3 Å². The minimum Gasteiger partial charge on any atom is -0.166 e. The summed E-state index contributed by atoms with van der Waals surface area (Å²) in [4.78, 5) is 0. The van der Waals surface area contributed by atoms with Gasteiger partial charge in [-0.2, -0.15) is 13.2 Å². The topological polar surface area (TPSA) is 0 Å². The maximum absolute atomic E-state index is 12.6. The quantitative estimate of drug-likeness (QED) is 0.463. The van der Waals surface area contributed by atoms with Gasteiger partial charge in [-0.1, -0.05) is 63.7 Å². The predicted molar refractivity (Wildman–Crippen MR) is 90.1 cm³/mol. The van der Waals surface area contributed by atoms with Crippen molar-refractivity contribution in [3.8, 4) is 0 Å². The van der Waals surface area contributed by atoms with Gasteiger partial charge in [0, 0.05) is 0 Å². The number of halogens is 3. The molecule has 2 rings (SSSR count). The molecule has 23 heavy (non-hydrogen) atoms. The molecule has 1 aromatic carbocycles. The zero-order valence-corrected chi connectivity index (χ0v) is 14.0. The van der Waals surface area contributed by atoms with Gasteiger partial charge >= 0.3 is 6.18 Å². The standard InChI is InChI=1S/C20H27F3/c1-2-3-4-5-6-7-16-8-10-17(11-9-16)18-12-14-19(15-13-18)20(21,22)23/h10,12-16H,2-9,11H2,1H3. The van der Waals surface area contributed by atoms with Crippen LogP contribution in [0.25, 0.3) is 5.57 Å². The van der Waals surface area contributed by atoms with Gasteiger partial charge in [-0.25, -0.2) is 0 Å². The highest BCUT2D eigenvalue weighted by atomic mass is 19.4. The summed E-state index contributed by atoms with van der Waals surface area (Å²) in [6.45, 7) is 2.23. The Bertz CT molecular complexity index is 497. The molecule has 1 aliphatic carbocycles. The van der Waals surface area contributed by atoms with Crippen LogP contribution < -0.4 is 0 Å². The van der Waals surface area contributed by atoms with Crippen LogP contribution in [0.5, 0.6) is 0 Å². The Labute approximate surface area is 137 Å². The number of allylic oxidation sites excluding steroid dienone is 2. The summed E-state index contributed by atoms with van der Waals surface area (Å²) in [5.74, 6) is 0.759. The van der Waals surface area contributed by atoms with E-state index in [-0.39, 0.29) is 0 Å². The van der Waals surface area contributed by atoms with Crippen molar-refractivity contribution in [2.24, 2.45) is 5.92 Å². The maximum atomic E-state index is 12.6. The first-order valence-electron chi connectivity index (χ1n) is 8.87. The molecule has 1 aromatic rings. The summed E-state index contributed by atoms with van der Waals surface area (Å²) in [5.41, 5.74) is 1.59. The number of alkyl halides is 3. The average Bonchev–Trinajstić information content (AvgIpc) is 2.55. The lowest BCUT2D eigenvalue weighted by molar-refractivity contribution is -0.137. The summed E-state index contributed by atoms with van der Waals surface area (Å²) in [7, 11) is 0. The molecule has 1 atom stereocenters. The van der Waals surface area contributed by atoms with Crippen LogP contribution in [-0.4, -0.2) is 0 Å². The Kier molecular flexibility index (Phi) is 6.73.